The molecule has 110 valence electrons. The zero-order valence-electron chi connectivity index (χ0n) is 12.2. The molecule has 0 saturated carbocycles. The second-order valence-corrected chi connectivity index (χ2v) is 5.52. The van der Waals surface area contributed by atoms with Crippen LogP contribution in [0.3, 0.4) is 0 Å². The number of hydrogen-bond acceptors (Lipinski definition) is 3. The molecule has 2 heterocycles. The van der Waals surface area contributed by atoms with Crippen molar-refractivity contribution in [3.63, 3.8) is 0 Å². The van der Waals surface area contributed by atoms with Crippen LogP contribution in [0.15, 0.2) is 18.2 Å². The molecule has 2 N–H and O–H groups in total. The molecule has 21 heavy (non-hydrogen) atoms. The first-order valence-corrected chi connectivity index (χ1v) is 6.99. The Morgan fingerprint density at radius 2 is 2.14 bits per heavy atom. The maximum atomic E-state index is 11.5. The molecule has 1 fully saturated rings. The largest absolute Gasteiger partial charge is 0.366 e. The molecule has 1 aromatic carbocycles. The first-order chi connectivity index (χ1) is 9.99. The van der Waals surface area contributed by atoms with Crippen molar-refractivity contribution in [2.24, 2.45) is 12.8 Å². The fourth-order valence-corrected chi connectivity index (χ4v) is 3.05. The number of nitrogens with two attached hydrogens (primary N) is 1. The van der Waals surface area contributed by atoms with E-state index in [1.807, 2.05) is 28.6 Å². The highest BCUT2D eigenvalue weighted by Crippen LogP contribution is 2.29. The van der Waals surface area contributed by atoms with Gasteiger partial charge in [0.25, 0.3) is 5.91 Å². The molecule has 0 aliphatic carbocycles. The molecule has 1 aromatic heterocycles. The van der Waals surface area contributed by atoms with Crippen LogP contribution in [-0.4, -0.2) is 39.4 Å². The fraction of sp³-hybridized carbons (Fsp3) is 0.400. The Labute approximate surface area is 122 Å². The summed E-state index contributed by atoms with van der Waals surface area (Å²) in [6.07, 6.45) is 0.892. The third-order valence-corrected chi connectivity index (χ3v) is 4.21. The summed E-state index contributed by atoms with van der Waals surface area (Å²) in [6.45, 7) is 3.02. The lowest BCUT2D eigenvalue weighted by Gasteiger charge is -2.13. The molecule has 6 heteroatoms. The highest BCUT2D eigenvalue weighted by Gasteiger charge is 2.29. The average Bonchev–Trinajstić information content (AvgIpc) is 3.03. The van der Waals surface area contributed by atoms with Crippen molar-refractivity contribution in [1.29, 1.82) is 0 Å². The summed E-state index contributed by atoms with van der Waals surface area (Å²) < 4.78 is 2.00. The van der Waals surface area contributed by atoms with Crippen molar-refractivity contribution >= 4 is 22.8 Å². The van der Waals surface area contributed by atoms with Gasteiger partial charge in [0.2, 0.25) is 5.91 Å². The Morgan fingerprint density at radius 1 is 1.38 bits per heavy atom. The van der Waals surface area contributed by atoms with Crippen LogP contribution in [0, 0.1) is 0 Å². The minimum absolute atomic E-state index is 0.0917. The predicted octanol–water partition coefficient (Wildman–Crippen LogP) is 1.01. The molecule has 0 bridgehead atoms. The molecule has 1 unspecified atom stereocenters. The second-order valence-electron chi connectivity index (χ2n) is 5.52. The Bertz CT molecular complexity index is 735. The number of primary amides is 1. The quantitative estimate of drug-likeness (QED) is 0.894. The summed E-state index contributed by atoms with van der Waals surface area (Å²) in [5.41, 5.74) is 7.39. The monoisotopic (exact) mass is 286 g/mol. The van der Waals surface area contributed by atoms with Gasteiger partial charge in [-0.1, -0.05) is 6.07 Å². The summed E-state index contributed by atoms with van der Waals surface area (Å²) in [7, 11) is 1.94. The number of nitrogens with zero attached hydrogens (tertiary/aromatic N) is 3. The van der Waals surface area contributed by atoms with E-state index in [9.17, 15) is 9.59 Å². The van der Waals surface area contributed by atoms with E-state index in [2.05, 4.69) is 4.98 Å². The predicted molar refractivity (Wildman–Crippen MR) is 78.8 cm³/mol. The molecule has 2 aromatic rings. The number of aryl methyl sites for hydroxylation is 1. The van der Waals surface area contributed by atoms with Crippen molar-refractivity contribution in [2.45, 2.75) is 19.3 Å². The van der Waals surface area contributed by atoms with Crippen LogP contribution < -0.4 is 5.73 Å². The Kier molecular flexibility index (Phi) is 3.16. The average molecular weight is 286 g/mol. The number of fused-ring (bicyclic) bond motifs is 1. The molecule has 0 spiro atoms. The molecular formula is C15H18N4O2. The van der Waals surface area contributed by atoms with E-state index in [0.717, 1.165) is 24.3 Å². The fourth-order valence-electron chi connectivity index (χ4n) is 3.05. The number of benzene rings is 1. The second kappa shape index (κ2) is 4.87. The van der Waals surface area contributed by atoms with Gasteiger partial charge in [-0.25, -0.2) is 4.98 Å². The van der Waals surface area contributed by atoms with Crippen LogP contribution in [0.1, 0.15) is 35.4 Å². The molecule has 3 rings (SSSR count). The summed E-state index contributed by atoms with van der Waals surface area (Å²) in [4.78, 5) is 29.4. The molecule has 2 amide bonds. The van der Waals surface area contributed by atoms with Gasteiger partial charge in [-0.05, 0) is 18.6 Å². The highest BCUT2D eigenvalue weighted by molar-refractivity contribution is 6.04. The smallest absolute Gasteiger partial charge is 0.250 e. The van der Waals surface area contributed by atoms with Crippen molar-refractivity contribution < 1.29 is 9.59 Å². The van der Waals surface area contributed by atoms with Gasteiger partial charge in [0.1, 0.15) is 11.3 Å². The number of carbonyl (C=O) groups excluding carboxylic acids is 2. The van der Waals surface area contributed by atoms with E-state index in [4.69, 9.17) is 5.73 Å². The van der Waals surface area contributed by atoms with E-state index >= 15 is 0 Å². The summed E-state index contributed by atoms with van der Waals surface area (Å²) in [6, 6.07) is 5.43. The lowest BCUT2D eigenvalue weighted by Crippen LogP contribution is -2.25. The summed E-state index contributed by atoms with van der Waals surface area (Å²) in [5, 5.41) is 0. The lowest BCUT2D eigenvalue weighted by atomic mass is 10.1. The summed E-state index contributed by atoms with van der Waals surface area (Å²) in [5.74, 6) is 0.727. The van der Waals surface area contributed by atoms with E-state index in [1.54, 1.807) is 13.0 Å². The van der Waals surface area contributed by atoms with Crippen molar-refractivity contribution in [3.8, 4) is 0 Å². The Morgan fingerprint density at radius 3 is 2.76 bits per heavy atom. The van der Waals surface area contributed by atoms with Crippen molar-refractivity contribution in [3.05, 3.63) is 29.6 Å². The van der Waals surface area contributed by atoms with Crippen LogP contribution in [0.25, 0.3) is 11.0 Å². The van der Waals surface area contributed by atoms with Gasteiger partial charge in [0.15, 0.2) is 0 Å². The molecule has 6 nitrogen and oxygen atoms in total. The van der Waals surface area contributed by atoms with Gasteiger partial charge >= 0.3 is 0 Å². The highest BCUT2D eigenvalue weighted by atomic mass is 16.2. The molecule has 0 radical (unpaired) electrons. The summed E-state index contributed by atoms with van der Waals surface area (Å²) >= 11 is 0. The maximum absolute atomic E-state index is 11.5. The first-order valence-electron chi connectivity index (χ1n) is 6.99. The van der Waals surface area contributed by atoms with Crippen LogP contribution >= 0.6 is 0 Å². The number of carbonyl (C=O) groups is 2. The number of rotatable bonds is 2. The van der Waals surface area contributed by atoms with E-state index in [1.165, 1.54) is 0 Å². The van der Waals surface area contributed by atoms with Gasteiger partial charge in [0, 0.05) is 33.0 Å². The van der Waals surface area contributed by atoms with Gasteiger partial charge in [0.05, 0.1) is 11.1 Å². The molecule has 1 aliphatic rings. The van der Waals surface area contributed by atoms with E-state index < -0.39 is 5.91 Å². The van der Waals surface area contributed by atoms with Gasteiger partial charge < -0.3 is 15.2 Å². The molecule has 1 atom stereocenters. The van der Waals surface area contributed by atoms with Gasteiger partial charge in [-0.2, -0.15) is 0 Å². The zero-order valence-corrected chi connectivity index (χ0v) is 12.2. The topological polar surface area (TPSA) is 81.2 Å². The Balaban J connectivity index is 2.05. The van der Waals surface area contributed by atoms with Crippen LogP contribution in [0.4, 0.5) is 0 Å². The van der Waals surface area contributed by atoms with Crippen molar-refractivity contribution in [1.82, 2.24) is 14.5 Å². The van der Waals surface area contributed by atoms with Crippen LogP contribution in [-0.2, 0) is 11.8 Å². The maximum Gasteiger partial charge on any atom is 0.250 e. The minimum atomic E-state index is -0.470. The lowest BCUT2D eigenvalue weighted by molar-refractivity contribution is -0.127. The van der Waals surface area contributed by atoms with Crippen LogP contribution in [0.2, 0.25) is 0 Å². The molecule has 1 saturated heterocycles. The van der Waals surface area contributed by atoms with Crippen molar-refractivity contribution in [2.75, 3.05) is 13.1 Å². The third-order valence-electron chi connectivity index (χ3n) is 4.21. The number of para-hydroxylation sites is 1. The number of hydrogen-bond donors (Lipinski definition) is 1. The first kappa shape index (κ1) is 13.6. The number of amides is 2. The SMILES string of the molecule is CC(=O)N1CCC(c2nc3c(C(N)=O)cccc3n2C)C1. The Hall–Kier alpha value is -2.37. The third kappa shape index (κ3) is 2.16. The number of likely N-dealkylation sites (tertiary alicyclic amines) is 1. The zero-order chi connectivity index (χ0) is 15.1. The molecule has 1 aliphatic heterocycles. The van der Waals surface area contributed by atoms with Crippen LogP contribution in [0.5, 0.6) is 0 Å². The minimum Gasteiger partial charge on any atom is -0.366 e. The van der Waals surface area contributed by atoms with E-state index in [0.29, 0.717) is 17.6 Å². The van der Waals surface area contributed by atoms with Gasteiger partial charge in [-0.3, -0.25) is 9.59 Å². The van der Waals surface area contributed by atoms with Gasteiger partial charge in [-0.15, -0.1) is 0 Å². The standard InChI is InChI=1S/C15H18N4O2/c1-9(20)19-7-6-10(8-19)15-17-13-11(14(16)21)4-3-5-12(13)18(15)2/h3-5,10H,6-8H2,1-2H3,(H2,16,21). The number of imidazole rings is 1. The normalized spacial score (nSPS) is 18.4. The van der Waals surface area contributed by atoms with E-state index in [-0.39, 0.29) is 11.8 Å². The number of aromatic nitrogens is 2. The molecular weight excluding hydrogens is 268 g/mol.